The fraction of sp³-hybridized carbons (Fsp3) is 1.00. The molecule has 2 saturated heterocycles. The second-order valence-electron chi connectivity index (χ2n) is 6.11. The highest BCUT2D eigenvalue weighted by Gasteiger charge is 2.42. The van der Waals surface area contributed by atoms with Crippen LogP contribution in [0.25, 0.3) is 0 Å². The predicted molar refractivity (Wildman–Crippen MR) is 82.0 cm³/mol. The van der Waals surface area contributed by atoms with Gasteiger partial charge in [-0.25, -0.2) is 0 Å². The maximum Gasteiger partial charge on any atom is 0.161 e. The number of methoxy groups -OCH3 is 2. The highest BCUT2D eigenvalue weighted by Crippen LogP contribution is 2.30. The van der Waals surface area contributed by atoms with Gasteiger partial charge in [0.25, 0.3) is 0 Å². The SMILES string of the molecule is CCOC1CC(OC)C(OC2CC(OC)C(O)C(C)O2)C(C)O1. The molecule has 7 nitrogen and oxygen atoms in total. The third kappa shape index (κ3) is 4.63. The van der Waals surface area contributed by atoms with Crippen molar-refractivity contribution in [2.75, 3.05) is 20.8 Å². The van der Waals surface area contributed by atoms with Crippen molar-refractivity contribution in [3.63, 3.8) is 0 Å². The summed E-state index contributed by atoms with van der Waals surface area (Å²) in [7, 11) is 3.24. The molecule has 2 rings (SSSR count). The van der Waals surface area contributed by atoms with Gasteiger partial charge in [0.15, 0.2) is 12.6 Å². The van der Waals surface area contributed by atoms with Crippen molar-refractivity contribution in [3.05, 3.63) is 0 Å². The Morgan fingerprint density at radius 1 is 0.957 bits per heavy atom. The van der Waals surface area contributed by atoms with Crippen LogP contribution in [-0.4, -0.2) is 75.1 Å². The Labute approximate surface area is 138 Å². The lowest BCUT2D eigenvalue weighted by Crippen LogP contribution is -2.54. The van der Waals surface area contributed by atoms with Gasteiger partial charge in [0, 0.05) is 33.7 Å². The van der Waals surface area contributed by atoms with Crippen LogP contribution < -0.4 is 0 Å². The quantitative estimate of drug-likeness (QED) is 0.778. The van der Waals surface area contributed by atoms with E-state index in [1.165, 1.54) is 0 Å². The summed E-state index contributed by atoms with van der Waals surface area (Å²) in [6, 6.07) is 0. The van der Waals surface area contributed by atoms with E-state index in [0.29, 0.717) is 19.4 Å². The van der Waals surface area contributed by atoms with Crippen LogP contribution in [0.15, 0.2) is 0 Å². The molecular formula is C16H30O7. The Bertz CT molecular complexity index is 353. The van der Waals surface area contributed by atoms with E-state index in [4.69, 9.17) is 28.4 Å². The third-order valence-corrected chi connectivity index (χ3v) is 4.54. The first-order chi connectivity index (χ1) is 11.0. The molecule has 23 heavy (non-hydrogen) atoms. The van der Waals surface area contributed by atoms with Crippen LogP contribution in [0.5, 0.6) is 0 Å². The molecule has 0 radical (unpaired) electrons. The molecule has 2 fully saturated rings. The molecule has 0 aromatic carbocycles. The van der Waals surface area contributed by atoms with Gasteiger partial charge < -0.3 is 33.5 Å². The van der Waals surface area contributed by atoms with E-state index >= 15 is 0 Å². The van der Waals surface area contributed by atoms with Gasteiger partial charge in [-0.15, -0.1) is 0 Å². The monoisotopic (exact) mass is 334 g/mol. The zero-order valence-corrected chi connectivity index (χ0v) is 14.6. The number of aliphatic hydroxyl groups excluding tert-OH is 1. The molecule has 0 bridgehead atoms. The summed E-state index contributed by atoms with van der Waals surface area (Å²) >= 11 is 0. The summed E-state index contributed by atoms with van der Waals surface area (Å²) in [6.45, 7) is 6.28. The molecule has 0 aromatic rings. The Morgan fingerprint density at radius 3 is 2.17 bits per heavy atom. The zero-order valence-electron chi connectivity index (χ0n) is 14.6. The van der Waals surface area contributed by atoms with Crippen molar-refractivity contribution in [2.24, 2.45) is 0 Å². The average Bonchev–Trinajstić information content (AvgIpc) is 2.53. The minimum absolute atomic E-state index is 0.137. The zero-order chi connectivity index (χ0) is 17.0. The summed E-state index contributed by atoms with van der Waals surface area (Å²) < 4.78 is 34.2. The number of aliphatic hydroxyl groups is 1. The molecule has 0 spiro atoms. The van der Waals surface area contributed by atoms with Gasteiger partial charge in [-0.2, -0.15) is 0 Å². The van der Waals surface area contributed by atoms with Crippen LogP contribution in [0.3, 0.4) is 0 Å². The molecule has 7 heteroatoms. The summed E-state index contributed by atoms with van der Waals surface area (Å²) in [6.07, 6.45) is -1.55. The topological polar surface area (TPSA) is 75.6 Å². The van der Waals surface area contributed by atoms with Gasteiger partial charge in [0.1, 0.15) is 12.2 Å². The van der Waals surface area contributed by atoms with Crippen LogP contribution in [0.1, 0.15) is 33.6 Å². The van der Waals surface area contributed by atoms with Gasteiger partial charge in [-0.1, -0.05) is 0 Å². The lowest BCUT2D eigenvalue weighted by Gasteiger charge is -2.43. The smallest absolute Gasteiger partial charge is 0.161 e. The van der Waals surface area contributed by atoms with Gasteiger partial charge >= 0.3 is 0 Å². The largest absolute Gasteiger partial charge is 0.388 e. The van der Waals surface area contributed by atoms with Gasteiger partial charge in [0.05, 0.1) is 24.4 Å². The summed E-state index contributed by atoms with van der Waals surface area (Å²) in [5, 5.41) is 10.0. The Kier molecular flexibility index (Phi) is 7.21. The van der Waals surface area contributed by atoms with E-state index in [1.807, 2.05) is 20.8 Å². The first kappa shape index (κ1) is 19.1. The highest BCUT2D eigenvalue weighted by molar-refractivity contribution is 4.86. The van der Waals surface area contributed by atoms with Gasteiger partial charge in [-0.3, -0.25) is 0 Å². The second-order valence-corrected chi connectivity index (χ2v) is 6.11. The average molecular weight is 334 g/mol. The van der Waals surface area contributed by atoms with Crippen molar-refractivity contribution in [2.45, 2.75) is 82.8 Å². The molecular weight excluding hydrogens is 304 g/mol. The van der Waals surface area contributed by atoms with E-state index in [1.54, 1.807) is 14.2 Å². The molecule has 0 saturated carbocycles. The van der Waals surface area contributed by atoms with Gasteiger partial charge in [-0.05, 0) is 20.8 Å². The van der Waals surface area contributed by atoms with Crippen molar-refractivity contribution in [1.29, 1.82) is 0 Å². The molecule has 2 aliphatic rings. The normalized spacial score (nSPS) is 45.1. The molecule has 8 atom stereocenters. The van der Waals surface area contributed by atoms with E-state index in [2.05, 4.69) is 0 Å². The standard InChI is InChI=1S/C16H30O7/c1-6-20-13-8-12(19-5)16(10(3)22-13)23-14-7-11(18-4)15(17)9(2)21-14/h9-17H,6-8H2,1-5H3. The lowest BCUT2D eigenvalue weighted by molar-refractivity contribution is -0.314. The van der Waals surface area contributed by atoms with Crippen molar-refractivity contribution in [1.82, 2.24) is 0 Å². The van der Waals surface area contributed by atoms with E-state index < -0.39 is 12.4 Å². The van der Waals surface area contributed by atoms with Crippen molar-refractivity contribution >= 4 is 0 Å². The fourth-order valence-electron chi connectivity index (χ4n) is 3.23. The predicted octanol–water partition coefficient (Wildman–Crippen LogP) is 1.07. The summed E-state index contributed by atoms with van der Waals surface area (Å²) in [5.41, 5.74) is 0. The van der Waals surface area contributed by atoms with Crippen LogP contribution in [-0.2, 0) is 28.4 Å². The van der Waals surface area contributed by atoms with Crippen LogP contribution in [0.2, 0.25) is 0 Å². The molecule has 0 aliphatic carbocycles. The van der Waals surface area contributed by atoms with E-state index in [0.717, 1.165) is 0 Å². The minimum atomic E-state index is -0.652. The molecule has 0 amide bonds. The second kappa shape index (κ2) is 8.71. The maximum absolute atomic E-state index is 10.0. The van der Waals surface area contributed by atoms with Crippen LogP contribution in [0.4, 0.5) is 0 Å². The van der Waals surface area contributed by atoms with Gasteiger partial charge in [0.2, 0.25) is 0 Å². The molecule has 0 aromatic heterocycles. The Hall–Kier alpha value is -0.280. The van der Waals surface area contributed by atoms with Crippen LogP contribution in [0, 0.1) is 0 Å². The molecule has 8 unspecified atom stereocenters. The first-order valence-electron chi connectivity index (χ1n) is 8.31. The molecule has 1 N–H and O–H groups in total. The van der Waals surface area contributed by atoms with E-state index in [9.17, 15) is 5.11 Å². The Morgan fingerprint density at radius 2 is 1.57 bits per heavy atom. The summed E-state index contributed by atoms with van der Waals surface area (Å²) in [4.78, 5) is 0. The molecule has 2 aliphatic heterocycles. The number of hydrogen-bond donors (Lipinski definition) is 1. The number of rotatable bonds is 6. The van der Waals surface area contributed by atoms with Crippen LogP contribution >= 0.6 is 0 Å². The first-order valence-corrected chi connectivity index (χ1v) is 8.31. The van der Waals surface area contributed by atoms with E-state index in [-0.39, 0.29) is 36.8 Å². The van der Waals surface area contributed by atoms with Crippen molar-refractivity contribution in [3.8, 4) is 0 Å². The van der Waals surface area contributed by atoms with Crippen molar-refractivity contribution < 1.29 is 33.5 Å². The fourth-order valence-corrected chi connectivity index (χ4v) is 3.23. The minimum Gasteiger partial charge on any atom is -0.388 e. The third-order valence-electron chi connectivity index (χ3n) is 4.54. The highest BCUT2D eigenvalue weighted by atomic mass is 16.7. The number of ether oxygens (including phenoxy) is 6. The summed E-state index contributed by atoms with van der Waals surface area (Å²) in [5.74, 6) is 0. The molecule has 2 heterocycles. The number of hydrogen-bond acceptors (Lipinski definition) is 7. The Balaban J connectivity index is 1.97. The molecule has 136 valence electrons. The maximum atomic E-state index is 10.0. The lowest BCUT2D eigenvalue weighted by atomic mass is 10.00.